The SMILES string of the molecule is Cc1ccc2c(c1)/C(=N/N=C1\C(=O)Nc3ccccc31)C(=O)N2. The topological polar surface area (TPSA) is 82.9 Å². The zero-order chi connectivity index (χ0) is 16.0. The maximum atomic E-state index is 12.1. The van der Waals surface area contributed by atoms with E-state index >= 15 is 0 Å². The minimum absolute atomic E-state index is 0.210. The Kier molecular flexibility index (Phi) is 2.84. The van der Waals surface area contributed by atoms with Crippen molar-refractivity contribution in [2.75, 3.05) is 10.6 Å². The van der Waals surface area contributed by atoms with Gasteiger partial charge in [0.1, 0.15) is 0 Å². The first-order chi connectivity index (χ1) is 11.1. The number of carbonyl (C=O) groups is 2. The Morgan fingerprint density at radius 2 is 1.39 bits per heavy atom. The number of para-hydroxylation sites is 1. The Bertz CT molecular complexity index is 928. The van der Waals surface area contributed by atoms with E-state index in [0.717, 1.165) is 5.56 Å². The summed E-state index contributed by atoms with van der Waals surface area (Å²) in [6, 6.07) is 12.8. The molecule has 0 saturated carbocycles. The largest absolute Gasteiger partial charge is 0.320 e. The van der Waals surface area contributed by atoms with Crippen molar-refractivity contribution in [3.8, 4) is 0 Å². The summed E-state index contributed by atoms with van der Waals surface area (Å²) in [5, 5.41) is 13.6. The molecule has 0 spiro atoms. The van der Waals surface area contributed by atoms with E-state index in [1.165, 1.54) is 0 Å². The average Bonchev–Trinajstić information content (AvgIpc) is 3.01. The first-order valence-electron chi connectivity index (χ1n) is 7.12. The highest BCUT2D eigenvalue weighted by Gasteiger charge is 2.28. The van der Waals surface area contributed by atoms with Crippen molar-refractivity contribution in [1.29, 1.82) is 0 Å². The summed E-state index contributed by atoms with van der Waals surface area (Å²) in [7, 11) is 0. The first-order valence-corrected chi connectivity index (χ1v) is 7.12. The van der Waals surface area contributed by atoms with E-state index in [0.29, 0.717) is 22.5 Å². The minimum atomic E-state index is -0.321. The summed E-state index contributed by atoms with van der Waals surface area (Å²) < 4.78 is 0. The number of anilines is 2. The second-order valence-corrected chi connectivity index (χ2v) is 5.40. The van der Waals surface area contributed by atoms with Crippen LogP contribution in [0.15, 0.2) is 52.7 Å². The molecular formula is C17H12N4O2. The van der Waals surface area contributed by atoms with E-state index in [9.17, 15) is 9.59 Å². The summed E-state index contributed by atoms with van der Waals surface area (Å²) in [6.45, 7) is 1.94. The molecule has 0 atom stereocenters. The molecule has 0 unspecified atom stereocenters. The fourth-order valence-corrected chi connectivity index (χ4v) is 2.67. The van der Waals surface area contributed by atoms with Crippen LogP contribution in [0.4, 0.5) is 11.4 Å². The third-order valence-corrected chi connectivity index (χ3v) is 3.79. The Morgan fingerprint density at radius 1 is 0.783 bits per heavy atom. The molecule has 0 bridgehead atoms. The molecule has 2 aromatic carbocycles. The van der Waals surface area contributed by atoms with Crippen LogP contribution >= 0.6 is 0 Å². The number of amides is 2. The standard InChI is InChI=1S/C17H12N4O2/c1-9-6-7-13-11(8-9)15(17(23)19-13)21-20-14-10-4-2-3-5-12(10)18-16(14)22/h2-8H,1H3,(H,18,20,22)(H,19,21,23). The molecule has 2 aromatic rings. The Hall–Kier alpha value is -3.28. The number of hydrogen-bond donors (Lipinski definition) is 2. The number of fused-ring (bicyclic) bond motifs is 2. The molecule has 2 N–H and O–H groups in total. The van der Waals surface area contributed by atoms with Crippen molar-refractivity contribution in [2.24, 2.45) is 10.2 Å². The van der Waals surface area contributed by atoms with E-state index in [1.807, 2.05) is 37.3 Å². The number of nitrogens with zero attached hydrogens (tertiary/aromatic N) is 2. The second-order valence-electron chi connectivity index (χ2n) is 5.40. The lowest BCUT2D eigenvalue weighted by Gasteiger charge is -1.98. The lowest BCUT2D eigenvalue weighted by molar-refractivity contribution is -0.111. The van der Waals surface area contributed by atoms with Gasteiger partial charge in [-0.15, -0.1) is 10.2 Å². The van der Waals surface area contributed by atoms with Crippen molar-refractivity contribution in [2.45, 2.75) is 6.92 Å². The van der Waals surface area contributed by atoms with Crippen molar-refractivity contribution >= 4 is 34.6 Å². The summed E-state index contributed by atoms with van der Waals surface area (Å²) in [6.07, 6.45) is 0. The van der Waals surface area contributed by atoms with Crippen molar-refractivity contribution in [1.82, 2.24) is 0 Å². The van der Waals surface area contributed by atoms with Crippen molar-refractivity contribution in [3.05, 3.63) is 59.2 Å². The highest BCUT2D eigenvalue weighted by Crippen LogP contribution is 2.26. The third-order valence-electron chi connectivity index (χ3n) is 3.79. The number of benzene rings is 2. The fourth-order valence-electron chi connectivity index (χ4n) is 2.67. The summed E-state index contributed by atoms with van der Waals surface area (Å²) in [5.41, 5.74) is 4.23. The highest BCUT2D eigenvalue weighted by atomic mass is 16.2. The van der Waals surface area contributed by atoms with Crippen LogP contribution in [0.25, 0.3) is 0 Å². The van der Waals surface area contributed by atoms with E-state index in [4.69, 9.17) is 0 Å². The average molecular weight is 304 g/mol. The van der Waals surface area contributed by atoms with Gasteiger partial charge in [-0.05, 0) is 25.1 Å². The lowest BCUT2D eigenvalue weighted by Crippen LogP contribution is -2.16. The summed E-state index contributed by atoms with van der Waals surface area (Å²) in [5.74, 6) is -0.639. The van der Waals surface area contributed by atoms with Crippen LogP contribution in [0, 0.1) is 6.92 Å². The van der Waals surface area contributed by atoms with Crippen LogP contribution in [-0.4, -0.2) is 23.2 Å². The highest BCUT2D eigenvalue weighted by molar-refractivity contribution is 6.55. The molecule has 0 aromatic heterocycles. The van der Waals surface area contributed by atoms with Crippen LogP contribution in [0.3, 0.4) is 0 Å². The molecule has 2 amide bonds. The van der Waals surface area contributed by atoms with Gasteiger partial charge in [0.15, 0.2) is 11.4 Å². The van der Waals surface area contributed by atoms with E-state index in [2.05, 4.69) is 20.8 Å². The van der Waals surface area contributed by atoms with Gasteiger partial charge in [-0.1, -0.05) is 29.8 Å². The predicted octanol–water partition coefficient (Wildman–Crippen LogP) is 2.09. The molecule has 2 aliphatic rings. The number of rotatable bonds is 1. The van der Waals surface area contributed by atoms with Crippen LogP contribution in [0.1, 0.15) is 16.7 Å². The lowest BCUT2D eigenvalue weighted by atomic mass is 10.1. The molecule has 6 nitrogen and oxygen atoms in total. The molecule has 0 radical (unpaired) electrons. The Balaban J connectivity index is 1.79. The minimum Gasteiger partial charge on any atom is -0.320 e. The van der Waals surface area contributed by atoms with E-state index in [-0.39, 0.29) is 23.2 Å². The monoisotopic (exact) mass is 304 g/mol. The smallest absolute Gasteiger partial charge is 0.276 e. The molecule has 112 valence electrons. The van der Waals surface area contributed by atoms with Crippen LogP contribution < -0.4 is 10.6 Å². The Morgan fingerprint density at radius 3 is 2.13 bits per heavy atom. The van der Waals surface area contributed by atoms with Crippen molar-refractivity contribution in [3.63, 3.8) is 0 Å². The summed E-state index contributed by atoms with van der Waals surface area (Å²) >= 11 is 0. The van der Waals surface area contributed by atoms with Gasteiger partial charge >= 0.3 is 0 Å². The normalized spacial score (nSPS) is 18.8. The van der Waals surface area contributed by atoms with Crippen LogP contribution in [-0.2, 0) is 9.59 Å². The summed E-state index contributed by atoms with van der Waals surface area (Å²) in [4.78, 5) is 24.1. The molecule has 4 rings (SSSR count). The third kappa shape index (κ3) is 2.12. The number of nitrogens with one attached hydrogen (secondary N) is 2. The predicted molar refractivity (Wildman–Crippen MR) is 88.0 cm³/mol. The zero-order valence-corrected chi connectivity index (χ0v) is 12.3. The van der Waals surface area contributed by atoms with Gasteiger partial charge in [0.05, 0.1) is 11.4 Å². The molecule has 2 heterocycles. The maximum absolute atomic E-state index is 12.1. The number of aryl methyl sites for hydroxylation is 1. The van der Waals surface area contributed by atoms with Gasteiger partial charge in [0.25, 0.3) is 11.8 Å². The maximum Gasteiger partial charge on any atom is 0.276 e. The van der Waals surface area contributed by atoms with Gasteiger partial charge in [0, 0.05) is 11.1 Å². The first kappa shape index (κ1) is 13.4. The zero-order valence-electron chi connectivity index (χ0n) is 12.3. The van der Waals surface area contributed by atoms with E-state index in [1.54, 1.807) is 12.1 Å². The number of carbonyl (C=O) groups excluding carboxylic acids is 2. The van der Waals surface area contributed by atoms with E-state index < -0.39 is 0 Å². The molecular weight excluding hydrogens is 292 g/mol. The molecule has 0 fully saturated rings. The van der Waals surface area contributed by atoms with Crippen LogP contribution in [0.5, 0.6) is 0 Å². The molecule has 6 heteroatoms. The fraction of sp³-hybridized carbons (Fsp3) is 0.0588. The molecule has 2 aliphatic heterocycles. The van der Waals surface area contributed by atoms with Gasteiger partial charge < -0.3 is 10.6 Å². The van der Waals surface area contributed by atoms with Gasteiger partial charge in [-0.3, -0.25) is 9.59 Å². The second kappa shape index (κ2) is 4.88. The van der Waals surface area contributed by atoms with Gasteiger partial charge in [0.2, 0.25) is 0 Å². The Labute approximate surface area is 131 Å². The molecule has 0 saturated heterocycles. The van der Waals surface area contributed by atoms with Crippen molar-refractivity contribution < 1.29 is 9.59 Å². The van der Waals surface area contributed by atoms with Gasteiger partial charge in [-0.25, -0.2) is 0 Å². The van der Waals surface area contributed by atoms with Crippen LogP contribution in [0.2, 0.25) is 0 Å². The van der Waals surface area contributed by atoms with Gasteiger partial charge in [-0.2, -0.15) is 0 Å². The molecule has 0 aliphatic carbocycles. The quantitative estimate of drug-likeness (QED) is 0.791. The molecule has 23 heavy (non-hydrogen) atoms. The number of hydrogen-bond acceptors (Lipinski definition) is 4.